The quantitative estimate of drug-likeness (QED) is 0.817. The second-order valence-electron chi connectivity index (χ2n) is 9.67. The highest BCUT2D eigenvalue weighted by molar-refractivity contribution is 5.81. The Kier molecular flexibility index (Phi) is 5.88. The summed E-state index contributed by atoms with van der Waals surface area (Å²) in [6.07, 6.45) is 1.60. The number of fused-ring (bicyclic) bond motifs is 1. The number of aromatic nitrogens is 2. The zero-order chi connectivity index (χ0) is 22.2. The maximum absolute atomic E-state index is 12.9. The number of amides is 1. The van der Waals surface area contributed by atoms with Crippen LogP contribution in [0.25, 0.3) is 0 Å². The lowest BCUT2D eigenvalue weighted by Crippen LogP contribution is -2.38. The van der Waals surface area contributed by atoms with Crippen LogP contribution >= 0.6 is 0 Å². The summed E-state index contributed by atoms with van der Waals surface area (Å²) in [6, 6.07) is 8.04. The molecule has 2 aromatic rings. The fourth-order valence-electron chi connectivity index (χ4n) is 4.46. The lowest BCUT2D eigenvalue weighted by Gasteiger charge is -2.28. The molecule has 1 saturated heterocycles. The molecule has 0 spiro atoms. The Morgan fingerprint density at radius 1 is 1.23 bits per heavy atom. The molecule has 7 heteroatoms. The number of nitrogens with one attached hydrogen (secondary N) is 1. The number of carbonyl (C=O) groups is 1. The van der Waals surface area contributed by atoms with Crippen LogP contribution in [-0.4, -0.2) is 52.4 Å². The number of methoxy groups -OCH3 is 1. The first kappa shape index (κ1) is 21.6. The van der Waals surface area contributed by atoms with Crippen molar-refractivity contribution in [3.63, 3.8) is 0 Å². The van der Waals surface area contributed by atoms with E-state index >= 15 is 0 Å². The van der Waals surface area contributed by atoms with E-state index in [-0.39, 0.29) is 22.8 Å². The molecule has 1 atom stereocenters. The Hall–Kier alpha value is -2.67. The molecular weight excluding hydrogens is 392 g/mol. The molecule has 0 bridgehead atoms. The monoisotopic (exact) mass is 424 g/mol. The Labute approximate surface area is 183 Å². The summed E-state index contributed by atoms with van der Waals surface area (Å²) in [6.45, 7) is 9.44. The van der Waals surface area contributed by atoms with Gasteiger partial charge in [-0.3, -0.25) is 14.5 Å². The topological polar surface area (TPSA) is 78.5 Å². The summed E-state index contributed by atoms with van der Waals surface area (Å²) in [5.41, 5.74) is 2.44. The number of nitrogens with zero attached hydrogens (tertiary/aromatic N) is 3. The fraction of sp³-hybridized carbons (Fsp3) is 0.542. The number of carbonyl (C=O) groups excluding carboxylic acids is 1. The average molecular weight is 425 g/mol. The summed E-state index contributed by atoms with van der Waals surface area (Å²) in [5.74, 6) is 1.83. The summed E-state index contributed by atoms with van der Waals surface area (Å²) in [4.78, 5) is 37.5. The van der Waals surface area contributed by atoms with Gasteiger partial charge in [-0.25, -0.2) is 4.98 Å². The van der Waals surface area contributed by atoms with E-state index in [4.69, 9.17) is 9.72 Å². The highest BCUT2D eigenvalue weighted by Crippen LogP contribution is 2.29. The molecule has 7 nitrogen and oxygen atoms in total. The zero-order valence-electron chi connectivity index (χ0n) is 18.9. The maximum Gasteiger partial charge on any atom is 0.255 e. The minimum absolute atomic E-state index is 0.0416. The van der Waals surface area contributed by atoms with Crippen molar-refractivity contribution >= 4 is 5.91 Å². The summed E-state index contributed by atoms with van der Waals surface area (Å²) in [7, 11) is 1.66. The van der Waals surface area contributed by atoms with Gasteiger partial charge in [0.2, 0.25) is 5.91 Å². The predicted octanol–water partition coefficient (Wildman–Crippen LogP) is 2.70. The van der Waals surface area contributed by atoms with Crippen molar-refractivity contribution in [2.24, 2.45) is 5.41 Å². The molecule has 2 aliphatic heterocycles. The van der Waals surface area contributed by atoms with Gasteiger partial charge in [-0.15, -0.1) is 0 Å². The number of benzene rings is 1. The van der Waals surface area contributed by atoms with E-state index < -0.39 is 0 Å². The normalized spacial score (nSPS) is 19.4. The van der Waals surface area contributed by atoms with Crippen LogP contribution in [0.3, 0.4) is 0 Å². The van der Waals surface area contributed by atoms with Gasteiger partial charge in [0.25, 0.3) is 5.56 Å². The van der Waals surface area contributed by atoms with Gasteiger partial charge in [0, 0.05) is 50.5 Å². The third-order valence-corrected chi connectivity index (χ3v) is 6.23. The molecule has 0 saturated carbocycles. The standard InChI is InChI=1S/C24H32N4O3/c1-24(2,3)23(30)28-12-9-17(14-28)21-25-20-10-11-27(15-19(20)22(29)26-21)13-16-5-7-18(31-4)8-6-16/h5-8,17H,9-15H2,1-4H3,(H,25,26,29)/t17-/m0/s1. The Bertz CT molecular complexity index is 1010. The molecule has 4 rings (SSSR count). The number of ether oxygens (including phenoxy) is 1. The third-order valence-electron chi connectivity index (χ3n) is 6.23. The molecule has 0 aliphatic carbocycles. The van der Waals surface area contributed by atoms with E-state index in [1.54, 1.807) is 7.11 Å². The smallest absolute Gasteiger partial charge is 0.255 e. The molecule has 1 aromatic heterocycles. The number of likely N-dealkylation sites (tertiary alicyclic amines) is 1. The van der Waals surface area contributed by atoms with Crippen LogP contribution in [0.15, 0.2) is 29.1 Å². The average Bonchev–Trinajstić information content (AvgIpc) is 3.23. The molecule has 31 heavy (non-hydrogen) atoms. The number of H-pyrrole nitrogens is 1. The van der Waals surface area contributed by atoms with E-state index in [9.17, 15) is 9.59 Å². The molecule has 3 heterocycles. The van der Waals surface area contributed by atoms with Crippen molar-refractivity contribution in [2.45, 2.75) is 52.6 Å². The second-order valence-corrected chi connectivity index (χ2v) is 9.67. The highest BCUT2D eigenvalue weighted by atomic mass is 16.5. The van der Waals surface area contributed by atoms with Crippen molar-refractivity contribution < 1.29 is 9.53 Å². The molecule has 1 N–H and O–H groups in total. The van der Waals surface area contributed by atoms with Gasteiger partial charge in [0.15, 0.2) is 0 Å². The van der Waals surface area contributed by atoms with Gasteiger partial charge in [-0.05, 0) is 24.1 Å². The van der Waals surface area contributed by atoms with Gasteiger partial charge < -0.3 is 14.6 Å². The van der Waals surface area contributed by atoms with Crippen LogP contribution in [0.2, 0.25) is 0 Å². The highest BCUT2D eigenvalue weighted by Gasteiger charge is 2.34. The summed E-state index contributed by atoms with van der Waals surface area (Å²) < 4.78 is 5.22. The molecule has 1 fully saturated rings. The third kappa shape index (κ3) is 4.66. The van der Waals surface area contributed by atoms with E-state index in [2.05, 4.69) is 22.0 Å². The molecule has 1 amide bonds. The molecular formula is C24H32N4O3. The number of hydrogen-bond acceptors (Lipinski definition) is 5. The molecule has 1 aromatic carbocycles. The number of aromatic amines is 1. The van der Waals surface area contributed by atoms with Crippen molar-refractivity contribution in [2.75, 3.05) is 26.7 Å². The summed E-state index contributed by atoms with van der Waals surface area (Å²) in [5, 5.41) is 0. The van der Waals surface area contributed by atoms with E-state index in [1.165, 1.54) is 5.56 Å². The second kappa shape index (κ2) is 8.46. The lowest BCUT2D eigenvalue weighted by atomic mass is 9.95. The van der Waals surface area contributed by atoms with Gasteiger partial charge in [-0.1, -0.05) is 32.9 Å². The van der Waals surface area contributed by atoms with Gasteiger partial charge in [0.1, 0.15) is 11.6 Å². The lowest BCUT2D eigenvalue weighted by molar-refractivity contribution is -0.138. The Morgan fingerprint density at radius 2 is 1.97 bits per heavy atom. The minimum Gasteiger partial charge on any atom is -0.497 e. The van der Waals surface area contributed by atoms with Gasteiger partial charge in [0.05, 0.1) is 18.4 Å². The van der Waals surface area contributed by atoms with Gasteiger partial charge >= 0.3 is 0 Å². The first-order valence-electron chi connectivity index (χ1n) is 11.0. The van der Waals surface area contributed by atoms with E-state index in [1.807, 2.05) is 37.8 Å². The van der Waals surface area contributed by atoms with E-state index in [0.717, 1.165) is 55.3 Å². The minimum atomic E-state index is -0.390. The first-order chi connectivity index (χ1) is 14.7. The Morgan fingerprint density at radius 3 is 2.65 bits per heavy atom. The van der Waals surface area contributed by atoms with Crippen LogP contribution in [0.4, 0.5) is 0 Å². The van der Waals surface area contributed by atoms with Crippen molar-refractivity contribution in [1.82, 2.24) is 19.8 Å². The van der Waals surface area contributed by atoms with Crippen LogP contribution in [0, 0.1) is 5.41 Å². The predicted molar refractivity (Wildman–Crippen MR) is 119 cm³/mol. The van der Waals surface area contributed by atoms with Crippen LogP contribution < -0.4 is 10.3 Å². The van der Waals surface area contributed by atoms with Crippen LogP contribution in [0.1, 0.15) is 55.8 Å². The first-order valence-corrected chi connectivity index (χ1v) is 11.0. The summed E-state index contributed by atoms with van der Waals surface area (Å²) >= 11 is 0. The van der Waals surface area contributed by atoms with Crippen molar-refractivity contribution in [3.05, 3.63) is 57.3 Å². The Balaban J connectivity index is 1.45. The molecule has 2 aliphatic rings. The molecule has 0 unspecified atom stereocenters. The number of hydrogen-bond donors (Lipinski definition) is 1. The maximum atomic E-state index is 12.9. The van der Waals surface area contributed by atoms with E-state index in [0.29, 0.717) is 13.1 Å². The SMILES string of the molecule is COc1ccc(CN2CCc3nc([C@H]4CCN(C(=O)C(C)(C)C)C4)[nH]c(=O)c3C2)cc1. The molecule has 0 radical (unpaired) electrons. The fourth-order valence-corrected chi connectivity index (χ4v) is 4.46. The van der Waals surface area contributed by atoms with Crippen molar-refractivity contribution in [3.8, 4) is 5.75 Å². The molecule has 166 valence electrons. The van der Waals surface area contributed by atoms with Crippen molar-refractivity contribution in [1.29, 1.82) is 0 Å². The zero-order valence-corrected chi connectivity index (χ0v) is 18.9. The van der Waals surface area contributed by atoms with Crippen LogP contribution in [-0.2, 0) is 24.3 Å². The largest absolute Gasteiger partial charge is 0.497 e. The van der Waals surface area contributed by atoms with Crippen LogP contribution in [0.5, 0.6) is 5.75 Å². The van der Waals surface area contributed by atoms with Gasteiger partial charge in [-0.2, -0.15) is 0 Å². The number of rotatable bonds is 4.